The Kier molecular flexibility index (Phi) is 4.00. The maximum atomic E-state index is 4.55. The van der Waals surface area contributed by atoms with Gasteiger partial charge in [-0.25, -0.2) is 4.98 Å². The van der Waals surface area contributed by atoms with Crippen molar-refractivity contribution in [2.24, 2.45) is 5.92 Å². The minimum absolute atomic E-state index is 0.673. The Morgan fingerprint density at radius 3 is 2.75 bits per heavy atom. The van der Waals surface area contributed by atoms with E-state index in [1.165, 1.54) is 32.1 Å². The molecule has 0 bridgehead atoms. The van der Waals surface area contributed by atoms with E-state index in [-0.39, 0.29) is 0 Å². The van der Waals surface area contributed by atoms with Crippen molar-refractivity contribution in [2.75, 3.05) is 24.2 Å². The van der Waals surface area contributed by atoms with Crippen LogP contribution in [0.15, 0.2) is 24.3 Å². The number of fused-ring (bicyclic) bond motifs is 1. The maximum Gasteiger partial charge on any atom is 0.224 e. The number of nitrogens with zero attached hydrogens (tertiary/aromatic N) is 2. The highest BCUT2D eigenvalue weighted by Gasteiger charge is 2.14. The summed E-state index contributed by atoms with van der Waals surface area (Å²) in [7, 11) is 1.85. The molecule has 0 spiro atoms. The Balaban J connectivity index is 1.75. The van der Waals surface area contributed by atoms with Crippen LogP contribution < -0.4 is 10.6 Å². The molecule has 1 saturated carbocycles. The molecular formula is C16H22N4. The molecule has 0 saturated heterocycles. The van der Waals surface area contributed by atoms with Gasteiger partial charge in [0.05, 0.1) is 5.52 Å². The average molecular weight is 270 g/mol. The Morgan fingerprint density at radius 1 is 1.15 bits per heavy atom. The number of aromatic nitrogens is 2. The number of rotatable bonds is 5. The molecule has 1 fully saturated rings. The van der Waals surface area contributed by atoms with Gasteiger partial charge in [-0.1, -0.05) is 37.8 Å². The molecule has 0 amide bonds. The van der Waals surface area contributed by atoms with Crippen LogP contribution in [-0.2, 0) is 0 Å². The molecule has 0 aliphatic heterocycles. The Morgan fingerprint density at radius 2 is 1.95 bits per heavy atom. The predicted octanol–water partition coefficient (Wildman–Crippen LogP) is 3.66. The van der Waals surface area contributed by atoms with Gasteiger partial charge in [0.1, 0.15) is 5.82 Å². The van der Waals surface area contributed by atoms with Crippen LogP contribution in [-0.4, -0.2) is 23.6 Å². The van der Waals surface area contributed by atoms with Gasteiger partial charge in [-0.2, -0.15) is 4.98 Å². The lowest BCUT2D eigenvalue weighted by Crippen LogP contribution is -2.09. The maximum absolute atomic E-state index is 4.55. The second kappa shape index (κ2) is 6.07. The molecular weight excluding hydrogens is 248 g/mol. The van der Waals surface area contributed by atoms with Gasteiger partial charge in [0, 0.05) is 19.0 Å². The summed E-state index contributed by atoms with van der Waals surface area (Å²) in [6, 6.07) is 8.15. The number of anilines is 2. The van der Waals surface area contributed by atoms with Gasteiger partial charge in [0.25, 0.3) is 0 Å². The van der Waals surface area contributed by atoms with Gasteiger partial charge in [0.15, 0.2) is 0 Å². The summed E-state index contributed by atoms with van der Waals surface area (Å²) >= 11 is 0. The zero-order valence-electron chi connectivity index (χ0n) is 12.0. The first-order valence-corrected chi connectivity index (χ1v) is 7.55. The molecule has 1 aliphatic carbocycles. The van der Waals surface area contributed by atoms with Crippen LogP contribution in [0.1, 0.15) is 32.1 Å². The Labute approximate surface area is 120 Å². The second-order valence-corrected chi connectivity index (χ2v) is 5.53. The third-order valence-electron chi connectivity index (χ3n) is 4.15. The highest BCUT2D eigenvalue weighted by molar-refractivity contribution is 5.89. The van der Waals surface area contributed by atoms with Gasteiger partial charge < -0.3 is 10.6 Å². The van der Waals surface area contributed by atoms with Crippen molar-refractivity contribution in [2.45, 2.75) is 32.1 Å². The summed E-state index contributed by atoms with van der Waals surface area (Å²) in [5.41, 5.74) is 0.982. The number of para-hydroxylation sites is 1. The molecule has 1 aromatic carbocycles. The molecule has 0 atom stereocenters. The third-order valence-corrected chi connectivity index (χ3v) is 4.15. The molecule has 1 aromatic heterocycles. The number of hydrogen-bond acceptors (Lipinski definition) is 4. The normalized spacial score (nSPS) is 15.7. The summed E-state index contributed by atoms with van der Waals surface area (Å²) in [6.45, 7) is 0.995. The van der Waals surface area contributed by atoms with Crippen LogP contribution in [0.5, 0.6) is 0 Å². The van der Waals surface area contributed by atoms with Crippen LogP contribution in [0.25, 0.3) is 10.9 Å². The molecule has 4 heteroatoms. The fourth-order valence-corrected chi connectivity index (χ4v) is 3.02. The molecule has 2 aromatic rings. The lowest BCUT2D eigenvalue weighted by Gasteiger charge is -2.12. The third kappa shape index (κ3) is 2.84. The summed E-state index contributed by atoms with van der Waals surface area (Å²) in [6.07, 6.45) is 6.85. The molecule has 2 N–H and O–H groups in total. The van der Waals surface area contributed by atoms with Crippen molar-refractivity contribution in [1.82, 2.24) is 9.97 Å². The van der Waals surface area contributed by atoms with Crippen LogP contribution in [0.3, 0.4) is 0 Å². The van der Waals surface area contributed by atoms with Crippen molar-refractivity contribution in [3.05, 3.63) is 24.3 Å². The quantitative estimate of drug-likeness (QED) is 0.870. The minimum Gasteiger partial charge on any atom is -0.369 e. The first-order valence-electron chi connectivity index (χ1n) is 7.55. The molecule has 0 unspecified atom stereocenters. The largest absolute Gasteiger partial charge is 0.369 e. The van der Waals surface area contributed by atoms with Crippen LogP contribution in [0.2, 0.25) is 0 Å². The molecule has 1 heterocycles. The Hall–Kier alpha value is -1.84. The highest BCUT2D eigenvalue weighted by atomic mass is 15.1. The van der Waals surface area contributed by atoms with Crippen molar-refractivity contribution in [3.63, 3.8) is 0 Å². The molecule has 20 heavy (non-hydrogen) atoms. The van der Waals surface area contributed by atoms with E-state index in [0.29, 0.717) is 5.95 Å². The molecule has 3 rings (SSSR count). The lowest BCUT2D eigenvalue weighted by molar-refractivity contribution is 0.518. The summed E-state index contributed by atoms with van der Waals surface area (Å²) in [5.74, 6) is 2.52. The van der Waals surface area contributed by atoms with Gasteiger partial charge in [-0.15, -0.1) is 0 Å². The van der Waals surface area contributed by atoms with E-state index in [9.17, 15) is 0 Å². The highest BCUT2D eigenvalue weighted by Crippen LogP contribution is 2.28. The Bertz CT molecular complexity index is 576. The zero-order chi connectivity index (χ0) is 13.8. The molecule has 1 aliphatic rings. The van der Waals surface area contributed by atoms with E-state index in [2.05, 4.69) is 26.7 Å². The number of benzene rings is 1. The fraction of sp³-hybridized carbons (Fsp3) is 0.500. The van der Waals surface area contributed by atoms with E-state index >= 15 is 0 Å². The number of nitrogens with one attached hydrogen (secondary N) is 2. The van der Waals surface area contributed by atoms with E-state index in [0.717, 1.165) is 29.2 Å². The van der Waals surface area contributed by atoms with Crippen molar-refractivity contribution in [1.29, 1.82) is 0 Å². The van der Waals surface area contributed by atoms with Crippen molar-refractivity contribution >= 4 is 22.7 Å². The van der Waals surface area contributed by atoms with Crippen molar-refractivity contribution in [3.8, 4) is 0 Å². The molecule has 4 nitrogen and oxygen atoms in total. The van der Waals surface area contributed by atoms with E-state index in [1.54, 1.807) is 0 Å². The van der Waals surface area contributed by atoms with Crippen LogP contribution in [0.4, 0.5) is 11.8 Å². The monoisotopic (exact) mass is 270 g/mol. The smallest absolute Gasteiger partial charge is 0.224 e. The van der Waals surface area contributed by atoms with Crippen molar-refractivity contribution < 1.29 is 0 Å². The summed E-state index contributed by atoms with van der Waals surface area (Å²) in [5, 5.41) is 7.62. The first kappa shape index (κ1) is 13.2. The van der Waals surface area contributed by atoms with E-state index < -0.39 is 0 Å². The SMILES string of the molecule is CNc1nc(NCCC2CCCC2)c2ccccc2n1. The topological polar surface area (TPSA) is 49.8 Å². The molecule has 0 radical (unpaired) electrons. The lowest BCUT2D eigenvalue weighted by atomic mass is 10.0. The standard InChI is InChI=1S/C16H22N4/c1-17-16-19-14-9-5-4-8-13(14)15(20-16)18-11-10-12-6-2-3-7-12/h4-5,8-9,12H,2-3,6-7,10-11H2,1H3,(H2,17,18,19,20). The fourth-order valence-electron chi connectivity index (χ4n) is 3.02. The zero-order valence-corrected chi connectivity index (χ0v) is 12.0. The van der Waals surface area contributed by atoms with E-state index in [4.69, 9.17) is 0 Å². The van der Waals surface area contributed by atoms with Gasteiger partial charge in [0.2, 0.25) is 5.95 Å². The summed E-state index contributed by atoms with van der Waals surface area (Å²) in [4.78, 5) is 9.03. The average Bonchev–Trinajstić information content (AvgIpc) is 3.00. The van der Waals surface area contributed by atoms with Gasteiger partial charge >= 0.3 is 0 Å². The number of hydrogen-bond donors (Lipinski definition) is 2. The molecule has 106 valence electrons. The summed E-state index contributed by atoms with van der Waals surface area (Å²) < 4.78 is 0. The predicted molar refractivity (Wildman–Crippen MR) is 84.1 cm³/mol. The van der Waals surface area contributed by atoms with E-state index in [1.807, 2.05) is 25.2 Å². The van der Waals surface area contributed by atoms with Gasteiger partial charge in [-0.3, -0.25) is 0 Å². The first-order chi connectivity index (χ1) is 9.86. The van der Waals surface area contributed by atoms with Crippen LogP contribution in [0, 0.1) is 5.92 Å². The minimum atomic E-state index is 0.673. The van der Waals surface area contributed by atoms with Crippen LogP contribution >= 0.6 is 0 Å². The second-order valence-electron chi connectivity index (χ2n) is 5.53. The van der Waals surface area contributed by atoms with Gasteiger partial charge in [-0.05, 0) is 24.5 Å².